The lowest BCUT2D eigenvalue weighted by atomic mass is 10.1. The van der Waals surface area contributed by atoms with Crippen molar-refractivity contribution in [1.29, 1.82) is 0 Å². The zero-order valence-electron chi connectivity index (χ0n) is 9.12. The van der Waals surface area contributed by atoms with Gasteiger partial charge in [-0.05, 0) is 26.3 Å². The van der Waals surface area contributed by atoms with Crippen LogP contribution in [0, 0.1) is 6.92 Å². The SMILES string of the molecule is Cc1noc(CCNC2CCCNC2)n1. The molecular formula is C10H18N4O. The summed E-state index contributed by atoms with van der Waals surface area (Å²) in [5.41, 5.74) is 0. The van der Waals surface area contributed by atoms with E-state index in [-0.39, 0.29) is 0 Å². The van der Waals surface area contributed by atoms with Crippen molar-refractivity contribution in [3.63, 3.8) is 0 Å². The summed E-state index contributed by atoms with van der Waals surface area (Å²) < 4.78 is 5.04. The van der Waals surface area contributed by atoms with Crippen LogP contribution in [0.1, 0.15) is 24.6 Å². The maximum atomic E-state index is 5.04. The number of nitrogens with one attached hydrogen (secondary N) is 2. The second-order valence-electron chi connectivity index (χ2n) is 3.98. The van der Waals surface area contributed by atoms with Crippen molar-refractivity contribution in [2.75, 3.05) is 19.6 Å². The summed E-state index contributed by atoms with van der Waals surface area (Å²) in [5, 5.41) is 10.6. The smallest absolute Gasteiger partial charge is 0.227 e. The molecule has 2 rings (SSSR count). The molecule has 0 aliphatic carbocycles. The first-order valence-electron chi connectivity index (χ1n) is 5.58. The highest BCUT2D eigenvalue weighted by atomic mass is 16.5. The van der Waals surface area contributed by atoms with Gasteiger partial charge >= 0.3 is 0 Å². The number of hydrogen-bond acceptors (Lipinski definition) is 5. The molecule has 5 nitrogen and oxygen atoms in total. The molecule has 1 aromatic rings. The van der Waals surface area contributed by atoms with E-state index in [0.29, 0.717) is 11.9 Å². The molecule has 1 fully saturated rings. The Labute approximate surface area is 89.6 Å². The van der Waals surface area contributed by atoms with Crippen molar-refractivity contribution < 1.29 is 4.52 Å². The van der Waals surface area contributed by atoms with E-state index in [1.807, 2.05) is 6.92 Å². The van der Waals surface area contributed by atoms with Crippen LogP contribution in [0.15, 0.2) is 4.52 Å². The van der Waals surface area contributed by atoms with Crippen LogP contribution in [-0.2, 0) is 6.42 Å². The van der Waals surface area contributed by atoms with Gasteiger partial charge in [0, 0.05) is 25.6 Å². The van der Waals surface area contributed by atoms with Gasteiger partial charge in [-0.1, -0.05) is 5.16 Å². The molecule has 15 heavy (non-hydrogen) atoms. The van der Waals surface area contributed by atoms with E-state index in [9.17, 15) is 0 Å². The quantitative estimate of drug-likeness (QED) is 0.746. The molecule has 2 N–H and O–H groups in total. The first-order chi connectivity index (χ1) is 7.34. The predicted molar refractivity (Wildman–Crippen MR) is 56.6 cm³/mol. The highest BCUT2D eigenvalue weighted by molar-refractivity contribution is 4.84. The lowest BCUT2D eigenvalue weighted by Gasteiger charge is -2.23. The topological polar surface area (TPSA) is 63.0 Å². The van der Waals surface area contributed by atoms with Crippen molar-refractivity contribution in [3.8, 4) is 0 Å². The van der Waals surface area contributed by atoms with E-state index in [1.165, 1.54) is 12.8 Å². The third-order valence-electron chi connectivity index (χ3n) is 2.64. The maximum Gasteiger partial charge on any atom is 0.227 e. The fourth-order valence-electron chi connectivity index (χ4n) is 1.85. The molecule has 2 heterocycles. The Hall–Kier alpha value is -0.940. The van der Waals surface area contributed by atoms with Crippen LogP contribution in [-0.4, -0.2) is 35.8 Å². The van der Waals surface area contributed by atoms with Crippen molar-refractivity contribution in [1.82, 2.24) is 20.8 Å². The van der Waals surface area contributed by atoms with Gasteiger partial charge in [-0.2, -0.15) is 4.98 Å². The van der Waals surface area contributed by atoms with Gasteiger partial charge in [0.05, 0.1) is 0 Å². The largest absolute Gasteiger partial charge is 0.339 e. The number of hydrogen-bond donors (Lipinski definition) is 2. The summed E-state index contributed by atoms with van der Waals surface area (Å²) in [5.74, 6) is 1.44. The first kappa shape index (κ1) is 10.6. The lowest BCUT2D eigenvalue weighted by Crippen LogP contribution is -2.43. The zero-order chi connectivity index (χ0) is 10.5. The van der Waals surface area contributed by atoms with Crippen LogP contribution >= 0.6 is 0 Å². The molecule has 1 aliphatic heterocycles. The molecule has 5 heteroatoms. The molecule has 1 saturated heterocycles. The van der Waals surface area contributed by atoms with Crippen LogP contribution in [0.25, 0.3) is 0 Å². The molecule has 1 aliphatic rings. The third-order valence-corrected chi connectivity index (χ3v) is 2.64. The highest BCUT2D eigenvalue weighted by Gasteiger charge is 2.12. The fourth-order valence-corrected chi connectivity index (χ4v) is 1.85. The standard InChI is InChI=1S/C10H18N4O/c1-8-13-10(15-14-8)4-6-12-9-3-2-5-11-7-9/h9,11-12H,2-7H2,1H3. The average Bonchev–Trinajstić information content (AvgIpc) is 2.66. The van der Waals surface area contributed by atoms with Gasteiger partial charge in [0.15, 0.2) is 5.82 Å². The average molecular weight is 210 g/mol. The maximum absolute atomic E-state index is 5.04. The number of nitrogens with zero attached hydrogens (tertiary/aromatic N) is 2. The van der Waals surface area contributed by atoms with E-state index < -0.39 is 0 Å². The van der Waals surface area contributed by atoms with E-state index in [1.54, 1.807) is 0 Å². The van der Waals surface area contributed by atoms with Crippen molar-refractivity contribution in [2.45, 2.75) is 32.2 Å². The molecule has 0 spiro atoms. The van der Waals surface area contributed by atoms with Gasteiger partial charge in [-0.15, -0.1) is 0 Å². The van der Waals surface area contributed by atoms with Crippen LogP contribution in [0.2, 0.25) is 0 Å². The molecular weight excluding hydrogens is 192 g/mol. The van der Waals surface area contributed by atoms with E-state index in [2.05, 4.69) is 20.8 Å². The molecule has 0 saturated carbocycles. The van der Waals surface area contributed by atoms with Crippen LogP contribution in [0.3, 0.4) is 0 Å². The first-order valence-corrected chi connectivity index (χ1v) is 5.58. The van der Waals surface area contributed by atoms with Gasteiger partial charge in [0.2, 0.25) is 5.89 Å². The number of aromatic nitrogens is 2. The fraction of sp³-hybridized carbons (Fsp3) is 0.800. The Kier molecular flexibility index (Phi) is 3.69. The monoisotopic (exact) mass is 210 g/mol. The molecule has 84 valence electrons. The van der Waals surface area contributed by atoms with Gasteiger partial charge in [-0.3, -0.25) is 0 Å². The predicted octanol–water partition coefficient (Wildman–Crippen LogP) is 0.262. The second kappa shape index (κ2) is 5.23. The molecule has 0 aromatic carbocycles. The molecule has 0 radical (unpaired) electrons. The molecule has 1 aromatic heterocycles. The minimum Gasteiger partial charge on any atom is -0.339 e. The van der Waals surface area contributed by atoms with Gasteiger partial charge < -0.3 is 15.2 Å². The summed E-state index contributed by atoms with van der Waals surface area (Å²) in [4.78, 5) is 4.16. The Balaban J connectivity index is 1.65. The third kappa shape index (κ3) is 3.28. The summed E-state index contributed by atoms with van der Waals surface area (Å²) in [6.45, 7) is 4.98. The number of piperidine rings is 1. The molecule has 1 unspecified atom stereocenters. The van der Waals surface area contributed by atoms with E-state index in [0.717, 1.165) is 31.9 Å². The minimum atomic E-state index is 0.600. The minimum absolute atomic E-state index is 0.600. The Morgan fingerprint density at radius 1 is 1.60 bits per heavy atom. The molecule has 1 atom stereocenters. The highest BCUT2D eigenvalue weighted by Crippen LogP contribution is 2.01. The summed E-state index contributed by atoms with van der Waals surface area (Å²) in [6, 6.07) is 0.600. The van der Waals surface area contributed by atoms with Gasteiger partial charge in [-0.25, -0.2) is 0 Å². The summed E-state index contributed by atoms with van der Waals surface area (Å²) >= 11 is 0. The summed E-state index contributed by atoms with van der Waals surface area (Å²) in [7, 11) is 0. The normalized spacial score (nSPS) is 21.8. The van der Waals surface area contributed by atoms with Crippen LogP contribution in [0.4, 0.5) is 0 Å². The Morgan fingerprint density at radius 2 is 2.53 bits per heavy atom. The number of rotatable bonds is 4. The zero-order valence-corrected chi connectivity index (χ0v) is 9.12. The Morgan fingerprint density at radius 3 is 3.20 bits per heavy atom. The van der Waals surface area contributed by atoms with E-state index in [4.69, 9.17) is 4.52 Å². The molecule has 0 amide bonds. The van der Waals surface area contributed by atoms with Crippen molar-refractivity contribution >= 4 is 0 Å². The van der Waals surface area contributed by atoms with Crippen LogP contribution < -0.4 is 10.6 Å². The van der Waals surface area contributed by atoms with Crippen LogP contribution in [0.5, 0.6) is 0 Å². The van der Waals surface area contributed by atoms with Gasteiger partial charge in [0.1, 0.15) is 0 Å². The summed E-state index contributed by atoms with van der Waals surface area (Å²) in [6.07, 6.45) is 3.34. The van der Waals surface area contributed by atoms with E-state index >= 15 is 0 Å². The van der Waals surface area contributed by atoms with Gasteiger partial charge in [0.25, 0.3) is 0 Å². The number of aryl methyl sites for hydroxylation is 1. The second-order valence-corrected chi connectivity index (χ2v) is 3.98. The Bertz CT molecular complexity index is 293. The van der Waals surface area contributed by atoms with Crippen molar-refractivity contribution in [3.05, 3.63) is 11.7 Å². The lowest BCUT2D eigenvalue weighted by molar-refractivity contribution is 0.356. The molecule has 0 bridgehead atoms. The van der Waals surface area contributed by atoms with Crippen molar-refractivity contribution in [2.24, 2.45) is 0 Å².